The summed E-state index contributed by atoms with van der Waals surface area (Å²) >= 11 is 0. The Hall–Kier alpha value is -2.80. The Labute approximate surface area is 183 Å². The molecule has 31 heavy (non-hydrogen) atoms. The van der Waals surface area contributed by atoms with Gasteiger partial charge in [-0.25, -0.2) is 14.4 Å². The molecule has 0 unspecified atom stereocenters. The Bertz CT molecular complexity index is 1030. The smallest absolute Gasteiger partial charge is 0.225 e. The molecule has 3 aromatic rings. The number of aryl methyl sites for hydroxylation is 1. The minimum absolute atomic E-state index is 0.233. The van der Waals surface area contributed by atoms with Crippen molar-refractivity contribution in [2.24, 2.45) is 0 Å². The lowest BCUT2D eigenvalue weighted by Crippen LogP contribution is -2.34. The highest BCUT2D eigenvalue weighted by Gasteiger charge is 2.26. The van der Waals surface area contributed by atoms with E-state index in [1.54, 1.807) is 0 Å². The fraction of sp³-hybridized carbons (Fsp3) is 0.458. The first-order valence-electron chi connectivity index (χ1n) is 11.0. The van der Waals surface area contributed by atoms with Crippen LogP contribution in [0.25, 0.3) is 11.1 Å². The average Bonchev–Trinajstić information content (AvgIpc) is 3.13. The fourth-order valence-electron chi connectivity index (χ4n) is 4.39. The number of rotatable bonds is 6. The van der Waals surface area contributed by atoms with Crippen LogP contribution in [0.2, 0.25) is 0 Å². The third kappa shape index (κ3) is 4.61. The molecule has 6 nitrogen and oxygen atoms in total. The number of anilines is 1. The summed E-state index contributed by atoms with van der Waals surface area (Å²) < 4.78 is 15.5. The van der Waals surface area contributed by atoms with E-state index in [-0.39, 0.29) is 5.82 Å². The SMILES string of the molecule is CCn1ncc(CN2CCC[C@@H](c3nc(N(C)C)ncc3-c3ccc(F)cc3)C2)c1C. The molecule has 0 radical (unpaired) electrons. The first kappa shape index (κ1) is 21.4. The molecule has 0 N–H and O–H groups in total. The average molecular weight is 423 g/mol. The molecule has 1 aliphatic heterocycles. The lowest BCUT2D eigenvalue weighted by molar-refractivity contribution is 0.198. The predicted octanol–water partition coefficient (Wildman–Crippen LogP) is 4.25. The molecule has 1 fully saturated rings. The number of benzene rings is 1. The Morgan fingerprint density at radius 2 is 1.94 bits per heavy atom. The normalized spacial score (nSPS) is 17.1. The van der Waals surface area contributed by atoms with Gasteiger partial charge in [0.25, 0.3) is 0 Å². The second-order valence-electron chi connectivity index (χ2n) is 8.52. The quantitative estimate of drug-likeness (QED) is 0.594. The third-order valence-corrected chi connectivity index (χ3v) is 6.15. The molecular weight excluding hydrogens is 391 g/mol. The van der Waals surface area contributed by atoms with Crippen molar-refractivity contribution in [3.8, 4) is 11.1 Å². The topological polar surface area (TPSA) is 50.1 Å². The van der Waals surface area contributed by atoms with Crippen molar-refractivity contribution in [1.82, 2.24) is 24.6 Å². The van der Waals surface area contributed by atoms with Crippen LogP contribution in [0.4, 0.5) is 10.3 Å². The molecule has 1 saturated heterocycles. The van der Waals surface area contributed by atoms with Gasteiger partial charge in [0, 0.05) is 62.7 Å². The fourth-order valence-corrected chi connectivity index (χ4v) is 4.39. The maximum atomic E-state index is 13.5. The maximum absolute atomic E-state index is 13.5. The van der Waals surface area contributed by atoms with Crippen molar-refractivity contribution in [3.05, 3.63) is 59.4 Å². The molecule has 2 aromatic heterocycles. The van der Waals surface area contributed by atoms with Gasteiger partial charge in [-0.2, -0.15) is 5.10 Å². The number of piperidine rings is 1. The van der Waals surface area contributed by atoms with E-state index < -0.39 is 0 Å². The van der Waals surface area contributed by atoms with Crippen molar-refractivity contribution < 1.29 is 4.39 Å². The third-order valence-electron chi connectivity index (χ3n) is 6.15. The van der Waals surface area contributed by atoms with Crippen LogP contribution < -0.4 is 4.90 Å². The highest BCUT2D eigenvalue weighted by Crippen LogP contribution is 2.34. The summed E-state index contributed by atoms with van der Waals surface area (Å²) in [4.78, 5) is 13.9. The summed E-state index contributed by atoms with van der Waals surface area (Å²) in [5.74, 6) is 0.776. The Kier molecular flexibility index (Phi) is 6.32. The zero-order valence-corrected chi connectivity index (χ0v) is 18.8. The highest BCUT2D eigenvalue weighted by atomic mass is 19.1. The van der Waals surface area contributed by atoms with Crippen LogP contribution in [0.1, 0.15) is 42.6 Å². The molecule has 0 saturated carbocycles. The van der Waals surface area contributed by atoms with Crippen LogP contribution in [0.15, 0.2) is 36.7 Å². The highest BCUT2D eigenvalue weighted by molar-refractivity contribution is 5.66. The van der Waals surface area contributed by atoms with E-state index in [2.05, 4.69) is 33.5 Å². The van der Waals surface area contributed by atoms with Gasteiger partial charge in [-0.15, -0.1) is 0 Å². The molecule has 7 heteroatoms. The minimum atomic E-state index is -0.233. The van der Waals surface area contributed by atoms with E-state index in [4.69, 9.17) is 4.98 Å². The van der Waals surface area contributed by atoms with Crippen molar-refractivity contribution in [1.29, 1.82) is 0 Å². The van der Waals surface area contributed by atoms with Gasteiger partial charge in [-0.1, -0.05) is 12.1 Å². The Balaban J connectivity index is 1.62. The Morgan fingerprint density at radius 1 is 1.16 bits per heavy atom. The Morgan fingerprint density at radius 3 is 2.61 bits per heavy atom. The molecule has 0 amide bonds. The van der Waals surface area contributed by atoms with Crippen molar-refractivity contribution in [2.45, 2.75) is 45.7 Å². The number of hydrogen-bond acceptors (Lipinski definition) is 5. The van der Waals surface area contributed by atoms with Gasteiger partial charge >= 0.3 is 0 Å². The predicted molar refractivity (Wildman–Crippen MR) is 122 cm³/mol. The van der Waals surface area contributed by atoms with Crippen LogP contribution in [0, 0.1) is 12.7 Å². The molecule has 164 valence electrons. The van der Waals surface area contributed by atoms with E-state index >= 15 is 0 Å². The van der Waals surface area contributed by atoms with Gasteiger partial charge in [0.05, 0.1) is 11.9 Å². The van der Waals surface area contributed by atoms with E-state index in [0.717, 1.165) is 55.8 Å². The van der Waals surface area contributed by atoms with Gasteiger partial charge in [0.1, 0.15) is 5.82 Å². The van der Waals surface area contributed by atoms with E-state index in [9.17, 15) is 4.39 Å². The van der Waals surface area contributed by atoms with E-state index in [1.807, 2.05) is 43.5 Å². The number of likely N-dealkylation sites (tertiary alicyclic amines) is 1. The van der Waals surface area contributed by atoms with E-state index in [0.29, 0.717) is 11.9 Å². The zero-order valence-electron chi connectivity index (χ0n) is 18.8. The van der Waals surface area contributed by atoms with Crippen LogP contribution in [0.5, 0.6) is 0 Å². The summed E-state index contributed by atoms with van der Waals surface area (Å²) in [6, 6.07) is 6.63. The minimum Gasteiger partial charge on any atom is -0.347 e. The van der Waals surface area contributed by atoms with Crippen molar-refractivity contribution >= 4 is 5.95 Å². The first-order valence-corrected chi connectivity index (χ1v) is 11.0. The van der Waals surface area contributed by atoms with Crippen LogP contribution in [-0.4, -0.2) is 51.8 Å². The largest absolute Gasteiger partial charge is 0.347 e. The number of nitrogens with zero attached hydrogens (tertiary/aromatic N) is 6. The van der Waals surface area contributed by atoms with Gasteiger partial charge < -0.3 is 4.90 Å². The maximum Gasteiger partial charge on any atom is 0.225 e. The van der Waals surface area contributed by atoms with Gasteiger partial charge in [-0.3, -0.25) is 9.58 Å². The van der Waals surface area contributed by atoms with Gasteiger partial charge in [0.15, 0.2) is 0 Å². The summed E-state index contributed by atoms with van der Waals surface area (Å²) in [7, 11) is 3.91. The molecule has 3 heterocycles. The second kappa shape index (κ2) is 9.14. The molecular formula is C24H31FN6. The first-order chi connectivity index (χ1) is 15.0. The molecule has 0 bridgehead atoms. The van der Waals surface area contributed by atoms with E-state index in [1.165, 1.54) is 23.4 Å². The summed E-state index contributed by atoms with van der Waals surface area (Å²) in [5, 5.41) is 4.50. The molecule has 0 spiro atoms. The lowest BCUT2D eigenvalue weighted by atomic mass is 9.89. The molecule has 4 rings (SSSR count). The molecule has 1 aromatic carbocycles. The molecule has 1 aliphatic rings. The lowest BCUT2D eigenvalue weighted by Gasteiger charge is -2.33. The van der Waals surface area contributed by atoms with Crippen molar-refractivity contribution in [2.75, 3.05) is 32.1 Å². The number of halogens is 1. The van der Waals surface area contributed by atoms with Crippen molar-refractivity contribution in [3.63, 3.8) is 0 Å². The summed E-state index contributed by atoms with van der Waals surface area (Å²) in [6.45, 7) is 8.08. The van der Waals surface area contributed by atoms with Crippen LogP contribution >= 0.6 is 0 Å². The number of aromatic nitrogens is 4. The second-order valence-corrected chi connectivity index (χ2v) is 8.52. The number of hydrogen-bond donors (Lipinski definition) is 0. The van der Waals surface area contributed by atoms with Crippen LogP contribution in [-0.2, 0) is 13.1 Å². The van der Waals surface area contributed by atoms with Gasteiger partial charge in [0.2, 0.25) is 5.95 Å². The monoisotopic (exact) mass is 422 g/mol. The van der Waals surface area contributed by atoms with Crippen LogP contribution in [0.3, 0.4) is 0 Å². The molecule has 1 atom stereocenters. The summed E-state index contributed by atoms with van der Waals surface area (Å²) in [5.41, 5.74) is 5.54. The molecule has 0 aliphatic carbocycles. The van der Waals surface area contributed by atoms with Gasteiger partial charge in [-0.05, 0) is 50.9 Å². The standard InChI is InChI=1S/C24H31FN6/c1-5-31-17(2)20(13-27-31)16-30-12-6-7-19(15-30)23-22(14-26-24(28-23)29(3)4)18-8-10-21(25)11-9-18/h8-11,13-14,19H,5-7,12,15-16H2,1-4H3/t19-/m1/s1. The summed E-state index contributed by atoms with van der Waals surface area (Å²) in [6.07, 6.45) is 6.10. The zero-order chi connectivity index (χ0) is 22.0.